The van der Waals surface area contributed by atoms with E-state index in [4.69, 9.17) is 0 Å². The third kappa shape index (κ3) is 1.28. The molecule has 0 spiro atoms. The number of aryl methyl sites for hydroxylation is 1. The molecule has 0 radical (unpaired) electrons. The molecule has 0 saturated heterocycles. The van der Waals surface area contributed by atoms with Crippen LogP contribution in [-0.2, 0) is 6.42 Å². The summed E-state index contributed by atoms with van der Waals surface area (Å²) in [6.07, 6.45) is 4.23. The van der Waals surface area contributed by atoms with Crippen molar-refractivity contribution in [3.63, 3.8) is 0 Å². The molecule has 0 atom stereocenters. The Kier molecular flexibility index (Phi) is 2.38. The largest absolute Gasteiger partial charge is 0.342 e. The average Bonchev–Trinajstić information content (AvgIpc) is 2.50. The monoisotopic (exact) mass is 164 g/mol. The van der Waals surface area contributed by atoms with Crippen LogP contribution < -0.4 is 0 Å². The summed E-state index contributed by atoms with van der Waals surface area (Å²) < 4.78 is 0. The fraction of sp³-hybridized carbons (Fsp3) is 0.375. The van der Waals surface area contributed by atoms with Gasteiger partial charge in [-0.25, -0.2) is 15.0 Å². The van der Waals surface area contributed by atoms with Gasteiger partial charge < -0.3 is 4.98 Å². The molecule has 0 saturated carbocycles. The highest BCUT2D eigenvalue weighted by Crippen LogP contribution is 2.03. The van der Waals surface area contributed by atoms with Crippen molar-refractivity contribution in [3.8, 4) is 0 Å². The Hall–Kier alpha value is -1.45. The van der Waals surface area contributed by atoms with Crippen molar-refractivity contribution < 1.29 is 0 Å². The zero-order valence-corrected chi connectivity index (χ0v) is 6.20. The number of rotatable bonds is 1. The number of aromatic nitrogens is 4. The van der Waals surface area contributed by atoms with Gasteiger partial charge in [0.05, 0.1) is 12.5 Å². The predicted molar refractivity (Wildman–Crippen MR) is 47.8 cm³/mol. The summed E-state index contributed by atoms with van der Waals surface area (Å²) in [4.78, 5) is 15.3. The predicted octanol–water partition coefficient (Wildman–Crippen LogP) is 1.55. The topological polar surface area (TPSA) is 54.5 Å². The van der Waals surface area contributed by atoms with Gasteiger partial charge in [-0.05, 0) is 0 Å². The first-order chi connectivity index (χ1) is 5.40. The van der Waals surface area contributed by atoms with Crippen molar-refractivity contribution >= 4 is 11.2 Å². The summed E-state index contributed by atoms with van der Waals surface area (Å²) >= 11 is 0. The molecule has 64 valence electrons. The van der Waals surface area contributed by atoms with E-state index in [1.807, 2.05) is 6.92 Å². The summed E-state index contributed by atoms with van der Waals surface area (Å²) in [5, 5.41) is 0. The van der Waals surface area contributed by atoms with E-state index < -0.39 is 0 Å². The van der Waals surface area contributed by atoms with Gasteiger partial charge in [-0.2, -0.15) is 0 Å². The van der Waals surface area contributed by atoms with Gasteiger partial charge in [-0.1, -0.05) is 14.4 Å². The van der Waals surface area contributed by atoms with Crippen molar-refractivity contribution in [3.05, 3.63) is 18.3 Å². The van der Waals surface area contributed by atoms with Crippen LogP contribution >= 0.6 is 0 Å². The van der Waals surface area contributed by atoms with Gasteiger partial charge in [-0.3, -0.25) is 0 Å². The summed E-state index contributed by atoms with van der Waals surface area (Å²) in [6, 6.07) is 0. The van der Waals surface area contributed by atoms with Crippen molar-refractivity contribution in [2.75, 3.05) is 0 Å². The maximum Gasteiger partial charge on any atom is 0.180 e. The van der Waals surface area contributed by atoms with E-state index in [9.17, 15) is 0 Å². The fourth-order valence-corrected chi connectivity index (χ4v) is 0.942. The molecule has 0 aromatic carbocycles. The van der Waals surface area contributed by atoms with Gasteiger partial charge in [-0.15, -0.1) is 0 Å². The molecule has 0 aliphatic rings. The molecule has 2 aromatic rings. The number of nitrogens with zero attached hydrogens (tertiary/aromatic N) is 3. The van der Waals surface area contributed by atoms with Crippen LogP contribution in [-0.4, -0.2) is 19.9 Å². The second-order valence-electron chi connectivity index (χ2n) is 2.28. The zero-order valence-electron chi connectivity index (χ0n) is 6.20. The van der Waals surface area contributed by atoms with E-state index >= 15 is 0 Å². The van der Waals surface area contributed by atoms with Gasteiger partial charge in [0.15, 0.2) is 5.65 Å². The normalized spacial score (nSPS) is 9.75. The van der Waals surface area contributed by atoms with Crippen molar-refractivity contribution in [2.45, 2.75) is 20.8 Å². The van der Waals surface area contributed by atoms with Gasteiger partial charge in [0.1, 0.15) is 11.3 Å². The lowest BCUT2D eigenvalue weighted by molar-refractivity contribution is 0.955. The fourth-order valence-electron chi connectivity index (χ4n) is 0.942. The highest BCUT2D eigenvalue weighted by Gasteiger charge is 1.98. The minimum absolute atomic E-state index is 0. The number of nitrogens with one attached hydrogen (secondary N) is 1. The molecule has 4 nitrogen and oxygen atoms in total. The highest BCUT2D eigenvalue weighted by molar-refractivity contribution is 5.67. The Morgan fingerprint density at radius 3 is 3.00 bits per heavy atom. The Morgan fingerprint density at radius 2 is 2.25 bits per heavy atom. The molecule has 0 unspecified atom stereocenters. The maximum atomic E-state index is 4.20. The minimum Gasteiger partial charge on any atom is -0.342 e. The van der Waals surface area contributed by atoms with E-state index in [-0.39, 0.29) is 7.43 Å². The van der Waals surface area contributed by atoms with E-state index in [1.165, 1.54) is 0 Å². The molecule has 0 aliphatic heterocycles. The van der Waals surface area contributed by atoms with Gasteiger partial charge in [0.25, 0.3) is 0 Å². The Labute approximate surface area is 71.1 Å². The van der Waals surface area contributed by atoms with Crippen molar-refractivity contribution in [1.82, 2.24) is 19.9 Å². The molecular weight excluding hydrogens is 152 g/mol. The Morgan fingerprint density at radius 1 is 1.42 bits per heavy atom. The Balaban J connectivity index is 0.000000720. The summed E-state index contributed by atoms with van der Waals surface area (Å²) in [5.41, 5.74) is 1.64. The molecule has 0 aliphatic carbocycles. The van der Waals surface area contributed by atoms with Gasteiger partial charge >= 0.3 is 0 Å². The smallest absolute Gasteiger partial charge is 0.180 e. The molecular formula is C8H12N4. The molecule has 2 rings (SSSR count). The second kappa shape index (κ2) is 3.30. The third-order valence-electron chi connectivity index (χ3n) is 1.54. The quantitative estimate of drug-likeness (QED) is 0.695. The first-order valence-corrected chi connectivity index (χ1v) is 3.55. The molecule has 12 heavy (non-hydrogen) atoms. The number of hydrogen-bond donors (Lipinski definition) is 1. The molecule has 0 bridgehead atoms. The van der Waals surface area contributed by atoms with Crippen LogP contribution in [0.25, 0.3) is 11.2 Å². The van der Waals surface area contributed by atoms with Crippen LogP contribution in [0.4, 0.5) is 0 Å². The lowest BCUT2D eigenvalue weighted by Gasteiger charge is -1.91. The SMILES string of the molecule is C.CCc1ncc2[nH]cnc2n1. The maximum absolute atomic E-state index is 4.20. The standard InChI is InChI=1S/C7H8N4.CH4/c1-2-6-8-3-5-7(11-6)10-4-9-5;/h3-4H,2H2,1H3,(H,8,9,10,11);1H4. The van der Waals surface area contributed by atoms with Crippen LogP contribution in [0.3, 0.4) is 0 Å². The second-order valence-corrected chi connectivity index (χ2v) is 2.28. The van der Waals surface area contributed by atoms with E-state index in [2.05, 4.69) is 19.9 Å². The van der Waals surface area contributed by atoms with Gasteiger partial charge in [0, 0.05) is 6.42 Å². The summed E-state index contributed by atoms with van der Waals surface area (Å²) in [7, 11) is 0. The average molecular weight is 164 g/mol. The molecule has 1 N–H and O–H groups in total. The summed E-state index contributed by atoms with van der Waals surface area (Å²) in [6.45, 7) is 2.02. The minimum atomic E-state index is 0. The number of H-pyrrole nitrogens is 1. The van der Waals surface area contributed by atoms with Crippen LogP contribution in [0.1, 0.15) is 20.2 Å². The van der Waals surface area contributed by atoms with Crippen molar-refractivity contribution in [1.29, 1.82) is 0 Å². The summed E-state index contributed by atoms with van der Waals surface area (Å²) in [5.74, 6) is 0.838. The van der Waals surface area contributed by atoms with Crippen LogP contribution in [0.5, 0.6) is 0 Å². The molecule has 4 heteroatoms. The van der Waals surface area contributed by atoms with E-state index in [0.717, 1.165) is 23.4 Å². The van der Waals surface area contributed by atoms with Crippen LogP contribution in [0.15, 0.2) is 12.5 Å². The molecule has 0 amide bonds. The Bertz CT molecular complexity index is 366. The number of hydrogen-bond acceptors (Lipinski definition) is 3. The first-order valence-electron chi connectivity index (χ1n) is 3.55. The van der Waals surface area contributed by atoms with Crippen LogP contribution in [0, 0.1) is 0 Å². The number of aromatic amines is 1. The lowest BCUT2D eigenvalue weighted by Crippen LogP contribution is -1.91. The lowest BCUT2D eigenvalue weighted by atomic mass is 10.4. The molecule has 2 aromatic heterocycles. The van der Waals surface area contributed by atoms with Gasteiger partial charge in [0.2, 0.25) is 0 Å². The van der Waals surface area contributed by atoms with E-state index in [0.29, 0.717) is 0 Å². The zero-order chi connectivity index (χ0) is 7.68. The number of imidazole rings is 1. The molecule has 0 fully saturated rings. The first kappa shape index (κ1) is 8.64. The van der Waals surface area contributed by atoms with Crippen LogP contribution in [0.2, 0.25) is 0 Å². The van der Waals surface area contributed by atoms with Crippen molar-refractivity contribution in [2.24, 2.45) is 0 Å². The highest BCUT2D eigenvalue weighted by atomic mass is 15.0. The molecule has 2 heterocycles. The third-order valence-corrected chi connectivity index (χ3v) is 1.54. The van der Waals surface area contributed by atoms with E-state index in [1.54, 1.807) is 12.5 Å². The number of fused-ring (bicyclic) bond motifs is 1.